The average Bonchev–Trinajstić information content (AvgIpc) is 2.76. The molecule has 0 fully saturated rings. The van der Waals surface area contributed by atoms with Gasteiger partial charge in [-0.1, -0.05) is 13.8 Å². The van der Waals surface area contributed by atoms with Crippen molar-refractivity contribution in [3.63, 3.8) is 0 Å². The van der Waals surface area contributed by atoms with Crippen LogP contribution in [0.15, 0.2) is 58.3 Å². The third-order valence-corrected chi connectivity index (χ3v) is 7.10. The van der Waals surface area contributed by atoms with Gasteiger partial charge in [0.15, 0.2) is 0 Å². The fraction of sp³-hybridized carbons (Fsp3) is 0.278. The van der Waals surface area contributed by atoms with Gasteiger partial charge in [0.2, 0.25) is 10.0 Å². The summed E-state index contributed by atoms with van der Waals surface area (Å²) in [6.45, 7) is 3.42. The van der Waals surface area contributed by atoms with Crippen LogP contribution in [0.4, 0.5) is 11.4 Å². The molecule has 2 aromatic carbocycles. The largest absolute Gasteiger partial charge is 0.276 e. The first kappa shape index (κ1) is 26.8. The summed E-state index contributed by atoms with van der Waals surface area (Å²) in [4.78, 5) is 33.8. The predicted octanol–water partition coefficient (Wildman–Crippen LogP) is 1.21. The number of non-ortho nitro benzene ring substituents is 2. The maximum absolute atomic E-state index is 12.7. The Kier molecular flexibility index (Phi) is 8.38. The molecule has 0 aliphatic carbocycles. The number of nitro groups is 2. The first-order chi connectivity index (χ1) is 15.7. The zero-order valence-corrected chi connectivity index (χ0v) is 19.5. The minimum absolute atomic E-state index is 0.00267. The molecule has 2 rings (SSSR count). The van der Waals surface area contributed by atoms with E-state index in [-0.39, 0.29) is 33.5 Å². The number of sulfonamides is 2. The molecule has 14 nitrogen and oxygen atoms in total. The van der Waals surface area contributed by atoms with Crippen LogP contribution in [-0.2, 0) is 24.8 Å². The summed E-state index contributed by atoms with van der Waals surface area (Å²) >= 11 is 0. The van der Waals surface area contributed by atoms with E-state index in [1.165, 1.54) is 0 Å². The normalized spacial score (nSPS) is 12.8. The van der Waals surface area contributed by atoms with E-state index >= 15 is 0 Å². The molecule has 0 aliphatic heterocycles. The van der Waals surface area contributed by atoms with E-state index in [0.29, 0.717) is 0 Å². The SMILES string of the molecule is CC(C)C[C@H](NS(=O)(=O)c1ccc([N+](=O)[O-])cc1)C(=O)NNS(=O)(=O)c1ccc([N+](=O)[O-])cc1. The average molecular weight is 516 g/mol. The van der Waals surface area contributed by atoms with Gasteiger partial charge >= 0.3 is 0 Å². The number of nitrogens with zero attached hydrogens (tertiary/aromatic N) is 2. The molecule has 2 aromatic rings. The summed E-state index contributed by atoms with van der Waals surface area (Å²) in [5.74, 6) is -1.19. The molecule has 0 bridgehead atoms. The molecule has 0 spiro atoms. The predicted molar refractivity (Wildman–Crippen MR) is 118 cm³/mol. The van der Waals surface area contributed by atoms with Crippen molar-refractivity contribution in [1.82, 2.24) is 15.0 Å². The van der Waals surface area contributed by atoms with Crippen LogP contribution in [0, 0.1) is 26.1 Å². The van der Waals surface area contributed by atoms with Crippen molar-refractivity contribution < 1.29 is 31.5 Å². The topological polar surface area (TPSA) is 208 Å². The second kappa shape index (κ2) is 10.6. The first-order valence-corrected chi connectivity index (χ1v) is 12.5. The van der Waals surface area contributed by atoms with Crippen molar-refractivity contribution in [2.75, 3.05) is 0 Å². The third kappa shape index (κ3) is 7.01. The van der Waals surface area contributed by atoms with E-state index in [9.17, 15) is 41.9 Å². The van der Waals surface area contributed by atoms with Crippen molar-refractivity contribution in [2.24, 2.45) is 5.92 Å². The number of rotatable bonds is 11. The fourth-order valence-corrected chi connectivity index (χ4v) is 4.75. The molecule has 0 heterocycles. The smallest absolute Gasteiger partial charge is 0.269 e. The Morgan fingerprint density at radius 1 is 0.824 bits per heavy atom. The summed E-state index contributed by atoms with van der Waals surface area (Å²) < 4.78 is 52.2. The van der Waals surface area contributed by atoms with Crippen LogP contribution >= 0.6 is 0 Å². The molecule has 0 radical (unpaired) electrons. The molecule has 34 heavy (non-hydrogen) atoms. The van der Waals surface area contributed by atoms with Crippen molar-refractivity contribution >= 4 is 37.3 Å². The van der Waals surface area contributed by atoms with Crippen molar-refractivity contribution in [3.8, 4) is 0 Å². The molecule has 3 N–H and O–H groups in total. The number of hydrogen-bond acceptors (Lipinski definition) is 9. The van der Waals surface area contributed by atoms with Crippen molar-refractivity contribution in [1.29, 1.82) is 0 Å². The first-order valence-electron chi connectivity index (χ1n) is 9.56. The van der Waals surface area contributed by atoms with Crippen molar-refractivity contribution in [2.45, 2.75) is 36.1 Å². The number of carbonyl (C=O) groups excluding carboxylic acids is 1. The summed E-state index contributed by atoms with van der Waals surface area (Å²) in [7, 11) is -8.60. The highest BCUT2D eigenvalue weighted by atomic mass is 32.2. The maximum Gasteiger partial charge on any atom is 0.269 e. The Morgan fingerprint density at radius 2 is 1.24 bits per heavy atom. The maximum atomic E-state index is 12.7. The van der Waals surface area contributed by atoms with Gasteiger partial charge in [-0.15, -0.1) is 4.83 Å². The summed E-state index contributed by atoms with van der Waals surface area (Å²) in [6.07, 6.45) is -0.00267. The van der Waals surface area contributed by atoms with Gasteiger partial charge < -0.3 is 0 Å². The van der Waals surface area contributed by atoms with Crippen LogP contribution in [0.5, 0.6) is 0 Å². The molecule has 1 atom stereocenters. The van der Waals surface area contributed by atoms with Crippen LogP contribution in [0.3, 0.4) is 0 Å². The summed E-state index contributed by atoms with van der Waals surface area (Å²) in [6, 6.07) is 6.47. The number of carbonyl (C=O) groups is 1. The standard InChI is InChI=1S/C18H21N5O9S2/c1-12(2)11-17(20-33(29,30)15-7-3-13(4-8-15)22(25)26)18(24)19-21-34(31,32)16-9-5-14(6-10-16)23(27)28/h3-10,12,17,20-21H,11H2,1-2H3,(H,19,24)/t17-/m0/s1. The molecular weight excluding hydrogens is 494 g/mol. The number of amides is 1. The van der Waals surface area contributed by atoms with E-state index in [2.05, 4.69) is 4.72 Å². The Balaban J connectivity index is 2.16. The highest BCUT2D eigenvalue weighted by Gasteiger charge is 2.28. The lowest BCUT2D eigenvalue weighted by Crippen LogP contribution is -2.52. The molecule has 0 aromatic heterocycles. The minimum Gasteiger partial charge on any atom is -0.276 e. The molecule has 184 valence electrons. The van der Waals surface area contributed by atoms with E-state index in [1.54, 1.807) is 13.8 Å². The van der Waals surface area contributed by atoms with Gasteiger partial charge in [0.1, 0.15) is 6.04 Å². The monoisotopic (exact) mass is 515 g/mol. The molecule has 0 saturated carbocycles. The van der Waals surface area contributed by atoms with Crippen LogP contribution in [0.2, 0.25) is 0 Å². The zero-order valence-electron chi connectivity index (χ0n) is 17.9. The highest BCUT2D eigenvalue weighted by molar-refractivity contribution is 7.89. The van der Waals surface area contributed by atoms with Gasteiger partial charge in [-0.25, -0.2) is 16.8 Å². The summed E-state index contributed by atoms with van der Waals surface area (Å²) in [5.41, 5.74) is 1.28. The van der Waals surface area contributed by atoms with Crippen LogP contribution < -0.4 is 15.0 Å². The third-order valence-electron chi connectivity index (χ3n) is 4.35. The molecule has 0 unspecified atom stereocenters. The number of benzene rings is 2. The van der Waals surface area contributed by atoms with Gasteiger partial charge in [0.05, 0.1) is 19.6 Å². The second-order valence-corrected chi connectivity index (χ2v) is 10.8. The number of hydrogen-bond donors (Lipinski definition) is 3. The Morgan fingerprint density at radius 3 is 1.62 bits per heavy atom. The number of nitrogens with one attached hydrogen (secondary N) is 3. The lowest BCUT2D eigenvalue weighted by atomic mass is 10.0. The van der Waals surface area contributed by atoms with Gasteiger partial charge in [0.25, 0.3) is 27.3 Å². The zero-order chi connectivity index (χ0) is 25.7. The van der Waals surface area contributed by atoms with E-state index in [4.69, 9.17) is 0 Å². The number of hydrazine groups is 1. The van der Waals surface area contributed by atoms with Gasteiger partial charge in [-0.05, 0) is 36.6 Å². The Labute approximate surface area is 194 Å². The summed E-state index contributed by atoms with van der Waals surface area (Å²) in [5, 5.41) is 21.5. The van der Waals surface area contributed by atoms with E-state index in [1.807, 2.05) is 10.3 Å². The molecule has 0 saturated heterocycles. The lowest BCUT2D eigenvalue weighted by Gasteiger charge is -2.20. The van der Waals surface area contributed by atoms with Gasteiger partial charge in [0, 0.05) is 24.3 Å². The van der Waals surface area contributed by atoms with E-state index in [0.717, 1.165) is 48.5 Å². The Bertz CT molecular complexity index is 1280. The van der Waals surface area contributed by atoms with Gasteiger partial charge in [-0.3, -0.25) is 30.4 Å². The molecular formula is C18H21N5O9S2. The van der Waals surface area contributed by atoms with E-state index < -0.39 is 41.8 Å². The molecule has 0 aliphatic rings. The molecule has 1 amide bonds. The van der Waals surface area contributed by atoms with Crippen LogP contribution in [0.1, 0.15) is 20.3 Å². The van der Waals surface area contributed by atoms with Crippen LogP contribution in [-0.4, -0.2) is 38.6 Å². The molecule has 16 heteroatoms. The van der Waals surface area contributed by atoms with Crippen molar-refractivity contribution in [3.05, 3.63) is 68.8 Å². The fourth-order valence-electron chi connectivity index (χ4n) is 2.69. The number of nitro benzene ring substituents is 2. The minimum atomic E-state index is -4.31. The highest BCUT2D eigenvalue weighted by Crippen LogP contribution is 2.18. The lowest BCUT2D eigenvalue weighted by molar-refractivity contribution is -0.385. The van der Waals surface area contributed by atoms with Crippen LogP contribution in [0.25, 0.3) is 0 Å². The van der Waals surface area contributed by atoms with Gasteiger partial charge in [-0.2, -0.15) is 4.72 Å². The quantitative estimate of drug-likeness (QED) is 0.290. The Hall–Kier alpha value is -3.47. The second-order valence-electron chi connectivity index (χ2n) is 7.40.